The highest BCUT2D eigenvalue weighted by atomic mass is 16.8. The third-order valence-corrected chi connectivity index (χ3v) is 1.50. The van der Waals surface area contributed by atoms with Crippen LogP contribution in [0.4, 0.5) is 0 Å². The molecule has 72 valence electrons. The SMILES string of the molecule is CCCCCO[N+](=O)CC(C)C. The van der Waals surface area contributed by atoms with Gasteiger partial charge < -0.3 is 0 Å². The predicted octanol–water partition coefficient (Wildman–Crippen LogP) is 2.54. The van der Waals surface area contributed by atoms with E-state index in [0.717, 1.165) is 19.3 Å². The molecular weight excluding hydrogens is 154 g/mol. The van der Waals surface area contributed by atoms with Gasteiger partial charge in [-0.1, -0.05) is 33.6 Å². The summed E-state index contributed by atoms with van der Waals surface area (Å²) in [6.07, 6.45) is 3.27. The number of unbranched alkanes of at least 4 members (excludes halogenated alkanes) is 2. The maximum atomic E-state index is 10.9. The molecule has 0 aliphatic carbocycles. The summed E-state index contributed by atoms with van der Waals surface area (Å²) in [4.78, 5) is 16.5. The Kier molecular flexibility index (Phi) is 6.72. The van der Waals surface area contributed by atoms with Crippen LogP contribution >= 0.6 is 0 Å². The average molecular weight is 174 g/mol. The smallest absolute Gasteiger partial charge is 0.232 e. The van der Waals surface area contributed by atoms with Crippen molar-refractivity contribution in [2.24, 2.45) is 5.92 Å². The second kappa shape index (κ2) is 7.07. The van der Waals surface area contributed by atoms with Crippen LogP contribution in [0, 0.1) is 10.8 Å². The Morgan fingerprint density at radius 3 is 2.50 bits per heavy atom. The third kappa shape index (κ3) is 7.51. The summed E-state index contributed by atoms with van der Waals surface area (Å²) >= 11 is 0. The lowest BCUT2D eigenvalue weighted by atomic mass is 10.2. The van der Waals surface area contributed by atoms with Crippen LogP contribution in [0.15, 0.2) is 0 Å². The van der Waals surface area contributed by atoms with E-state index < -0.39 is 0 Å². The summed E-state index contributed by atoms with van der Waals surface area (Å²) < 4.78 is 0. The Bertz CT molecular complexity index is 124. The summed E-state index contributed by atoms with van der Waals surface area (Å²) in [5.74, 6) is 0.369. The normalized spacial score (nSPS) is 10.3. The summed E-state index contributed by atoms with van der Waals surface area (Å²) in [5, 5.41) is 0. The van der Waals surface area contributed by atoms with Crippen molar-refractivity contribution in [1.29, 1.82) is 0 Å². The molecule has 3 nitrogen and oxygen atoms in total. The monoisotopic (exact) mass is 174 g/mol. The molecule has 0 amide bonds. The lowest BCUT2D eigenvalue weighted by molar-refractivity contribution is -0.806. The molecule has 0 heterocycles. The van der Waals surface area contributed by atoms with Crippen molar-refractivity contribution >= 4 is 0 Å². The summed E-state index contributed by atoms with van der Waals surface area (Å²) in [5.41, 5.74) is 0. The van der Waals surface area contributed by atoms with Crippen molar-refractivity contribution in [1.82, 2.24) is 0 Å². The minimum absolute atomic E-state index is 0.369. The first kappa shape index (κ1) is 11.4. The zero-order chi connectivity index (χ0) is 9.40. The molecule has 0 spiro atoms. The van der Waals surface area contributed by atoms with E-state index in [0.29, 0.717) is 24.0 Å². The first-order valence-corrected chi connectivity index (χ1v) is 4.74. The molecule has 0 bridgehead atoms. The Balaban J connectivity index is 3.20. The predicted molar refractivity (Wildman–Crippen MR) is 48.8 cm³/mol. The van der Waals surface area contributed by atoms with Gasteiger partial charge in [0.05, 0.1) is 4.91 Å². The molecule has 0 aliphatic rings. The Hall–Kier alpha value is -0.600. The molecule has 12 heavy (non-hydrogen) atoms. The van der Waals surface area contributed by atoms with Gasteiger partial charge in [0, 0.05) is 5.92 Å². The van der Waals surface area contributed by atoms with Crippen LogP contribution in [-0.2, 0) is 4.84 Å². The second-order valence-corrected chi connectivity index (χ2v) is 3.45. The van der Waals surface area contributed by atoms with Gasteiger partial charge in [0.1, 0.15) is 0 Å². The molecule has 0 saturated carbocycles. The second-order valence-electron chi connectivity index (χ2n) is 3.45. The molecule has 0 rings (SSSR count). The molecule has 0 aromatic heterocycles. The van der Waals surface area contributed by atoms with Crippen LogP contribution < -0.4 is 0 Å². The first-order valence-electron chi connectivity index (χ1n) is 4.74. The fourth-order valence-electron chi connectivity index (χ4n) is 0.869. The van der Waals surface area contributed by atoms with Crippen LogP contribution in [0.1, 0.15) is 40.0 Å². The lowest BCUT2D eigenvalue weighted by Crippen LogP contribution is -2.15. The number of rotatable bonds is 7. The molecule has 0 saturated heterocycles. The highest BCUT2D eigenvalue weighted by molar-refractivity contribution is 4.35. The van der Waals surface area contributed by atoms with E-state index in [2.05, 4.69) is 6.92 Å². The van der Waals surface area contributed by atoms with Crippen molar-refractivity contribution in [3.8, 4) is 0 Å². The topological polar surface area (TPSA) is 29.3 Å². The van der Waals surface area contributed by atoms with E-state index >= 15 is 0 Å². The number of nitrogens with zero attached hydrogens (tertiary/aromatic N) is 1. The largest absolute Gasteiger partial charge is 0.250 e. The minimum atomic E-state index is 0.369. The highest BCUT2D eigenvalue weighted by Crippen LogP contribution is 1.96. The fourth-order valence-corrected chi connectivity index (χ4v) is 0.869. The molecule has 0 radical (unpaired) electrons. The highest BCUT2D eigenvalue weighted by Gasteiger charge is 2.11. The molecule has 0 N–H and O–H groups in total. The van der Waals surface area contributed by atoms with Gasteiger partial charge in [-0.05, 0) is 6.42 Å². The quantitative estimate of drug-likeness (QED) is 0.438. The van der Waals surface area contributed by atoms with Crippen LogP contribution in [0.3, 0.4) is 0 Å². The Morgan fingerprint density at radius 2 is 2.00 bits per heavy atom. The van der Waals surface area contributed by atoms with Gasteiger partial charge in [0.25, 0.3) is 6.54 Å². The van der Waals surface area contributed by atoms with Crippen LogP contribution in [0.2, 0.25) is 0 Å². The standard InChI is InChI=1S/C9H20NO2/c1-4-5-6-7-12-10(11)8-9(2)3/h9H,4-8H2,1-3H3/q+1. The molecule has 0 aromatic carbocycles. The van der Waals surface area contributed by atoms with Crippen molar-refractivity contribution in [2.75, 3.05) is 13.2 Å². The molecule has 0 unspecified atom stereocenters. The maximum Gasteiger partial charge on any atom is 0.250 e. The molecule has 0 aromatic rings. The zero-order valence-electron chi connectivity index (χ0n) is 8.38. The van der Waals surface area contributed by atoms with Gasteiger partial charge in [0.2, 0.25) is 4.92 Å². The van der Waals surface area contributed by atoms with E-state index in [9.17, 15) is 4.91 Å². The van der Waals surface area contributed by atoms with E-state index in [1.54, 1.807) is 0 Å². The van der Waals surface area contributed by atoms with E-state index in [-0.39, 0.29) is 0 Å². The van der Waals surface area contributed by atoms with Crippen LogP contribution in [0.25, 0.3) is 0 Å². The van der Waals surface area contributed by atoms with Gasteiger partial charge in [-0.3, -0.25) is 0 Å². The van der Waals surface area contributed by atoms with Gasteiger partial charge in [-0.2, -0.15) is 0 Å². The summed E-state index contributed by atoms with van der Waals surface area (Å²) in [6.45, 7) is 7.15. The van der Waals surface area contributed by atoms with E-state index in [1.807, 2.05) is 13.8 Å². The van der Waals surface area contributed by atoms with Gasteiger partial charge in [-0.25, -0.2) is 4.84 Å². The van der Waals surface area contributed by atoms with Crippen molar-refractivity contribution in [3.63, 3.8) is 0 Å². The van der Waals surface area contributed by atoms with Crippen LogP contribution in [-0.4, -0.2) is 18.1 Å². The third-order valence-electron chi connectivity index (χ3n) is 1.50. The minimum Gasteiger partial charge on any atom is -0.232 e. The lowest BCUT2D eigenvalue weighted by Gasteiger charge is -1.97. The summed E-state index contributed by atoms with van der Waals surface area (Å²) in [7, 11) is 0. The number of hydrogen-bond acceptors (Lipinski definition) is 2. The molecular formula is C9H20NO2+. The van der Waals surface area contributed by atoms with Crippen molar-refractivity contribution in [3.05, 3.63) is 4.91 Å². The maximum absolute atomic E-state index is 10.9. The van der Waals surface area contributed by atoms with Crippen molar-refractivity contribution < 1.29 is 9.76 Å². The van der Waals surface area contributed by atoms with E-state index in [1.165, 1.54) is 0 Å². The Morgan fingerprint density at radius 1 is 1.33 bits per heavy atom. The molecule has 0 aliphatic heterocycles. The van der Waals surface area contributed by atoms with Crippen LogP contribution in [0.5, 0.6) is 0 Å². The zero-order valence-corrected chi connectivity index (χ0v) is 8.38. The van der Waals surface area contributed by atoms with E-state index in [4.69, 9.17) is 4.84 Å². The molecule has 3 heteroatoms. The van der Waals surface area contributed by atoms with Gasteiger partial charge in [0.15, 0.2) is 6.61 Å². The molecule has 0 fully saturated rings. The average Bonchev–Trinajstić information content (AvgIpc) is 1.97. The first-order chi connectivity index (χ1) is 5.66. The number of hydrogen-bond donors (Lipinski definition) is 0. The van der Waals surface area contributed by atoms with Gasteiger partial charge >= 0.3 is 0 Å². The Labute approximate surface area is 74.6 Å². The van der Waals surface area contributed by atoms with Gasteiger partial charge in [-0.15, -0.1) is 0 Å². The summed E-state index contributed by atoms with van der Waals surface area (Å²) in [6, 6.07) is 0. The molecule has 0 atom stereocenters. The fraction of sp³-hybridized carbons (Fsp3) is 1.00. The van der Waals surface area contributed by atoms with Crippen molar-refractivity contribution in [2.45, 2.75) is 40.0 Å².